The zero-order valence-electron chi connectivity index (χ0n) is 16.3. The van der Waals surface area contributed by atoms with E-state index in [1.165, 1.54) is 24.5 Å². The van der Waals surface area contributed by atoms with Crippen molar-refractivity contribution in [2.24, 2.45) is 0 Å². The Hall–Kier alpha value is -3.15. The highest BCUT2D eigenvalue weighted by atomic mass is 16.1. The van der Waals surface area contributed by atoms with E-state index in [0.29, 0.717) is 18.4 Å². The minimum atomic E-state index is -0.215. The molecular weight excluding hydrogens is 350 g/mol. The predicted octanol–water partition coefficient (Wildman–Crippen LogP) is 4.47. The van der Waals surface area contributed by atoms with Crippen molar-refractivity contribution in [2.75, 3.05) is 10.6 Å². The van der Waals surface area contributed by atoms with Crippen LogP contribution in [0.4, 0.5) is 11.5 Å². The maximum Gasteiger partial charge on any atom is 0.247 e. The summed E-state index contributed by atoms with van der Waals surface area (Å²) in [6.45, 7) is 8.44. The molecule has 1 fully saturated rings. The summed E-state index contributed by atoms with van der Waals surface area (Å²) < 4.78 is 1.89. The maximum atomic E-state index is 11.5. The number of rotatable bonds is 7. The fourth-order valence-electron chi connectivity index (χ4n) is 3.27. The highest BCUT2D eigenvalue weighted by molar-refractivity contribution is 5.98. The van der Waals surface area contributed by atoms with Gasteiger partial charge < -0.3 is 10.6 Å². The lowest BCUT2D eigenvalue weighted by Gasteiger charge is -2.12. The molecule has 144 valence electrons. The third kappa shape index (κ3) is 3.76. The van der Waals surface area contributed by atoms with E-state index in [4.69, 9.17) is 4.98 Å². The van der Waals surface area contributed by atoms with Crippen LogP contribution in [0.3, 0.4) is 0 Å². The number of nitrogens with one attached hydrogen (secondary N) is 2. The molecule has 2 N–H and O–H groups in total. The van der Waals surface area contributed by atoms with Gasteiger partial charge in [-0.05, 0) is 42.5 Å². The van der Waals surface area contributed by atoms with Crippen LogP contribution in [0.2, 0.25) is 0 Å². The van der Waals surface area contributed by atoms with Crippen molar-refractivity contribution in [3.63, 3.8) is 0 Å². The number of nitrogens with zero attached hydrogens (tertiary/aromatic N) is 3. The second-order valence-corrected chi connectivity index (χ2v) is 7.58. The average molecular weight is 375 g/mol. The van der Waals surface area contributed by atoms with E-state index >= 15 is 0 Å². The molecule has 0 spiro atoms. The van der Waals surface area contributed by atoms with Gasteiger partial charge in [-0.2, -0.15) is 9.61 Å². The molecule has 0 saturated heterocycles. The Kier molecular flexibility index (Phi) is 4.86. The number of benzene rings is 1. The second-order valence-electron chi connectivity index (χ2n) is 7.58. The first kappa shape index (κ1) is 18.2. The van der Waals surface area contributed by atoms with Crippen LogP contribution >= 0.6 is 0 Å². The Labute approximate surface area is 164 Å². The largest absolute Gasteiger partial charge is 0.366 e. The minimum absolute atomic E-state index is 0.215. The lowest BCUT2D eigenvalue weighted by atomic mass is 10.1. The van der Waals surface area contributed by atoms with Gasteiger partial charge in [-0.1, -0.05) is 32.6 Å². The number of carbonyl (C=O) groups excluding carboxylic acids is 1. The van der Waals surface area contributed by atoms with Gasteiger partial charge in [0.2, 0.25) is 5.91 Å². The molecule has 2 heterocycles. The first-order valence-corrected chi connectivity index (χ1v) is 9.70. The minimum Gasteiger partial charge on any atom is -0.366 e. The second kappa shape index (κ2) is 7.46. The summed E-state index contributed by atoms with van der Waals surface area (Å²) >= 11 is 0. The number of amides is 1. The van der Waals surface area contributed by atoms with Gasteiger partial charge in [-0.3, -0.25) is 4.79 Å². The topological polar surface area (TPSA) is 71.3 Å². The summed E-state index contributed by atoms with van der Waals surface area (Å²) in [5.74, 6) is 1.67. The fraction of sp³-hybridized carbons (Fsp3) is 0.318. The molecule has 3 aromatic rings. The Morgan fingerprint density at radius 3 is 2.89 bits per heavy atom. The first-order valence-electron chi connectivity index (χ1n) is 9.70. The number of anilines is 2. The van der Waals surface area contributed by atoms with Crippen molar-refractivity contribution in [3.05, 3.63) is 66.0 Å². The standard InChI is InChI=1S/C22H25N5O/c1-4-21(28)25-17-7-5-6-15(10-17)12-23-20-11-19(16-8-9-16)26-22-18(14(2)3)13-24-27(20)22/h4-7,10-11,13-14,16,23H,1,8-9,12H2,2-3H3,(H,25,28). The van der Waals surface area contributed by atoms with E-state index < -0.39 is 0 Å². The molecule has 1 saturated carbocycles. The molecule has 0 atom stereocenters. The van der Waals surface area contributed by atoms with Crippen LogP contribution in [-0.4, -0.2) is 20.5 Å². The van der Waals surface area contributed by atoms with Crippen molar-refractivity contribution in [3.8, 4) is 0 Å². The summed E-state index contributed by atoms with van der Waals surface area (Å²) in [4.78, 5) is 16.4. The lowest BCUT2D eigenvalue weighted by molar-refractivity contribution is -0.111. The van der Waals surface area contributed by atoms with Crippen molar-refractivity contribution < 1.29 is 4.79 Å². The van der Waals surface area contributed by atoms with Gasteiger partial charge in [0.25, 0.3) is 0 Å². The van der Waals surface area contributed by atoms with Crippen LogP contribution in [0.5, 0.6) is 0 Å². The van der Waals surface area contributed by atoms with Crippen LogP contribution in [0, 0.1) is 0 Å². The predicted molar refractivity (Wildman–Crippen MR) is 112 cm³/mol. The monoisotopic (exact) mass is 375 g/mol. The molecule has 4 rings (SSSR count). The third-order valence-corrected chi connectivity index (χ3v) is 4.99. The molecule has 1 aliphatic carbocycles. The number of aromatic nitrogens is 3. The van der Waals surface area contributed by atoms with Crippen LogP contribution < -0.4 is 10.6 Å². The molecule has 28 heavy (non-hydrogen) atoms. The molecule has 0 bridgehead atoms. The van der Waals surface area contributed by atoms with Crippen molar-refractivity contribution in [1.82, 2.24) is 14.6 Å². The lowest BCUT2D eigenvalue weighted by Crippen LogP contribution is -2.09. The van der Waals surface area contributed by atoms with Crippen LogP contribution in [0.15, 0.2) is 49.2 Å². The van der Waals surface area contributed by atoms with Crippen LogP contribution in [0.1, 0.15) is 55.3 Å². The first-order chi connectivity index (χ1) is 13.5. The molecule has 1 amide bonds. The molecule has 1 aromatic carbocycles. The summed E-state index contributed by atoms with van der Waals surface area (Å²) in [5.41, 5.74) is 5.07. The summed E-state index contributed by atoms with van der Waals surface area (Å²) in [6, 6.07) is 9.89. The molecule has 0 radical (unpaired) electrons. The van der Waals surface area contributed by atoms with Gasteiger partial charge in [0, 0.05) is 35.5 Å². The summed E-state index contributed by atoms with van der Waals surface area (Å²) in [7, 11) is 0. The Balaban J connectivity index is 1.60. The zero-order chi connectivity index (χ0) is 19.7. The SMILES string of the molecule is C=CC(=O)Nc1cccc(CNc2cc(C3CC3)nc3c(C(C)C)cnn23)c1. The maximum absolute atomic E-state index is 11.5. The Bertz CT molecular complexity index is 1030. The number of fused-ring (bicyclic) bond motifs is 1. The Morgan fingerprint density at radius 2 is 2.18 bits per heavy atom. The molecular formula is C22H25N5O. The number of carbonyl (C=O) groups is 1. The fourth-order valence-corrected chi connectivity index (χ4v) is 3.27. The molecule has 2 aromatic heterocycles. The van der Waals surface area contributed by atoms with E-state index in [1.54, 1.807) is 0 Å². The normalized spacial score (nSPS) is 13.7. The average Bonchev–Trinajstić information content (AvgIpc) is 3.45. The van der Waals surface area contributed by atoms with E-state index in [0.717, 1.165) is 28.4 Å². The summed E-state index contributed by atoms with van der Waals surface area (Å²) in [6.07, 6.45) is 5.60. The smallest absolute Gasteiger partial charge is 0.247 e. The van der Waals surface area contributed by atoms with E-state index in [-0.39, 0.29) is 5.91 Å². The van der Waals surface area contributed by atoms with Crippen molar-refractivity contribution in [1.29, 1.82) is 0 Å². The van der Waals surface area contributed by atoms with Gasteiger partial charge in [0.05, 0.1) is 6.20 Å². The van der Waals surface area contributed by atoms with Gasteiger partial charge in [0.1, 0.15) is 5.82 Å². The van der Waals surface area contributed by atoms with Gasteiger partial charge in [-0.15, -0.1) is 0 Å². The van der Waals surface area contributed by atoms with Crippen molar-refractivity contribution >= 4 is 23.1 Å². The van der Waals surface area contributed by atoms with Crippen LogP contribution in [0.25, 0.3) is 5.65 Å². The van der Waals surface area contributed by atoms with E-state index in [9.17, 15) is 4.79 Å². The number of hydrogen-bond acceptors (Lipinski definition) is 4. The quantitative estimate of drug-likeness (QED) is 0.598. The molecule has 0 aliphatic heterocycles. The van der Waals surface area contributed by atoms with Crippen LogP contribution in [-0.2, 0) is 11.3 Å². The Morgan fingerprint density at radius 1 is 1.36 bits per heavy atom. The highest BCUT2D eigenvalue weighted by Crippen LogP contribution is 2.40. The molecule has 6 heteroatoms. The van der Waals surface area contributed by atoms with Gasteiger partial charge >= 0.3 is 0 Å². The van der Waals surface area contributed by atoms with E-state index in [1.807, 2.05) is 35.0 Å². The van der Waals surface area contributed by atoms with E-state index in [2.05, 4.69) is 42.2 Å². The molecule has 0 unspecified atom stereocenters. The van der Waals surface area contributed by atoms with Gasteiger partial charge in [-0.25, -0.2) is 4.98 Å². The van der Waals surface area contributed by atoms with Crippen molar-refractivity contribution in [2.45, 2.75) is 45.1 Å². The highest BCUT2D eigenvalue weighted by Gasteiger charge is 2.27. The van der Waals surface area contributed by atoms with Gasteiger partial charge in [0.15, 0.2) is 5.65 Å². The summed E-state index contributed by atoms with van der Waals surface area (Å²) in [5, 5.41) is 10.9. The molecule has 1 aliphatic rings. The number of hydrogen-bond donors (Lipinski definition) is 2. The molecule has 6 nitrogen and oxygen atoms in total. The zero-order valence-corrected chi connectivity index (χ0v) is 16.3. The third-order valence-electron chi connectivity index (χ3n) is 4.99.